The van der Waals surface area contributed by atoms with Crippen molar-refractivity contribution in [2.24, 2.45) is 0 Å². The van der Waals surface area contributed by atoms with Crippen LogP contribution in [0.25, 0.3) is 10.9 Å². The first-order valence-electron chi connectivity index (χ1n) is 7.04. The van der Waals surface area contributed by atoms with Gasteiger partial charge in [0, 0.05) is 17.4 Å². The Balaban J connectivity index is 1.91. The van der Waals surface area contributed by atoms with Crippen molar-refractivity contribution >= 4 is 10.9 Å². The maximum absolute atomic E-state index is 5.87. The van der Waals surface area contributed by atoms with Crippen LogP contribution in [0, 0.1) is 6.92 Å². The lowest BCUT2D eigenvalue weighted by atomic mass is 10.2. The second kappa shape index (κ2) is 5.41. The molecule has 20 heavy (non-hydrogen) atoms. The van der Waals surface area contributed by atoms with Gasteiger partial charge in [0.25, 0.3) is 0 Å². The zero-order valence-electron chi connectivity index (χ0n) is 12.0. The summed E-state index contributed by atoms with van der Waals surface area (Å²) in [5.74, 6) is 0.914. The van der Waals surface area contributed by atoms with Crippen molar-refractivity contribution in [3.63, 3.8) is 0 Å². The molecule has 2 aromatic carbocycles. The van der Waals surface area contributed by atoms with E-state index >= 15 is 0 Å². The van der Waals surface area contributed by atoms with Crippen molar-refractivity contribution in [3.8, 4) is 5.75 Å². The van der Waals surface area contributed by atoms with Gasteiger partial charge in [-0.05, 0) is 43.7 Å². The van der Waals surface area contributed by atoms with E-state index in [0.717, 1.165) is 12.3 Å². The van der Waals surface area contributed by atoms with Gasteiger partial charge in [0.2, 0.25) is 0 Å². The average molecular weight is 265 g/mol. The number of benzene rings is 2. The highest BCUT2D eigenvalue weighted by Gasteiger charge is 2.08. The Labute approximate surface area is 119 Å². The quantitative estimate of drug-likeness (QED) is 0.675. The molecule has 0 aliphatic rings. The normalized spacial score (nSPS) is 10.9. The van der Waals surface area contributed by atoms with Crippen molar-refractivity contribution < 1.29 is 4.74 Å². The van der Waals surface area contributed by atoms with Gasteiger partial charge in [0.15, 0.2) is 0 Å². The molecule has 0 unspecified atom stereocenters. The predicted molar refractivity (Wildman–Crippen MR) is 83.1 cm³/mol. The van der Waals surface area contributed by atoms with Crippen molar-refractivity contribution in [2.45, 2.75) is 27.0 Å². The average Bonchev–Trinajstić information content (AvgIpc) is 2.83. The van der Waals surface area contributed by atoms with E-state index in [0.29, 0.717) is 6.61 Å². The van der Waals surface area contributed by atoms with E-state index in [4.69, 9.17) is 4.74 Å². The van der Waals surface area contributed by atoms with Crippen molar-refractivity contribution in [1.82, 2.24) is 4.57 Å². The Morgan fingerprint density at radius 3 is 2.55 bits per heavy atom. The highest BCUT2D eigenvalue weighted by atomic mass is 16.5. The summed E-state index contributed by atoms with van der Waals surface area (Å²) in [5.41, 5.74) is 3.80. The first-order valence-corrected chi connectivity index (χ1v) is 7.04. The molecule has 0 fully saturated rings. The van der Waals surface area contributed by atoms with E-state index in [-0.39, 0.29) is 0 Å². The smallest absolute Gasteiger partial charge is 0.128 e. The van der Waals surface area contributed by atoms with Crippen LogP contribution in [0.5, 0.6) is 5.75 Å². The van der Waals surface area contributed by atoms with Gasteiger partial charge < -0.3 is 9.30 Å². The first kappa shape index (κ1) is 12.8. The molecular formula is C18H19NO. The summed E-state index contributed by atoms with van der Waals surface area (Å²) < 4.78 is 8.20. The molecule has 3 rings (SSSR count). The van der Waals surface area contributed by atoms with Crippen LogP contribution in [-0.4, -0.2) is 4.57 Å². The van der Waals surface area contributed by atoms with Crippen LogP contribution in [0.1, 0.15) is 18.2 Å². The molecule has 102 valence electrons. The summed E-state index contributed by atoms with van der Waals surface area (Å²) in [6.45, 7) is 5.87. The molecule has 2 heteroatoms. The maximum Gasteiger partial charge on any atom is 0.128 e. The summed E-state index contributed by atoms with van der Waals surface area (Å²) in [7, 11) is 0. The number of hydrogen-bond donors (Lipinski definition) is 0. The number of para-hydroxylation sites is 1. The number of hydrogen-bond acceptors (Lipinski definition) is 1. The molecular weight excluding hydrogens is 246 g/mol. The lowest BCUT2D eigenvalue weighted by Crippen LogP contribution is -2.04. The highest BCUT2D eigenvalue weighted by molar-refractivity contribution is 5.82. The van der Waals surface area contributed by atoms with Crippen LogP contribution in [0.15, 0.2) is 54.6 Å². The molecule has 0 saturated carbocycles. The van der Waals surface area contributed by atoms with Crippen LogP contribution < -0.4 is 4.74 Å². The molecule has 0 saturated heterocycles. The van der Waals surface area contributed by atoms with E-state index in [1.807, 2.05) is 30.3 Å². The second-order valence-electron chi connectivity index (χ2n) is 5.04. The topological polar surface area (TPSA) is 14.2 Å². The van der Waals surface area contributed by atoms with Gasteiger partial charge in [-0.15, -0.1) is 0 Å². The zero-order chi connectivity index (χ0) is 13.9. The molecule has 0 amide bonds. The SMILES string of the molecule is CCn1c(COc2ccccc2)cc2ccc(C)cc21. The molecule has 1 aromatic heterocycles. The Bertz CT molecular complexity index is 713. The number of nitrogens with zero attached hydrogens (tertiary/aromatic N) is 1. The van der Waals surface area contributed by atoms with E-state index in [1.165, 1.54) is 22.2 Å². The minimum atomic E-state index is 0.603. The zero-order valence-corrected chi connectivity index (χ0v) is 12.0. The molecule has 0 aliphatic heterocycles. The summed E-state index contributed by atoms with van der Waals surface area (Å²) in [6.07, 6.45) is 0. The van der Waals surface area contributed by atoms with Crippen molar-refractivity contribution in [1.29, 1.82) is 0 Å². The molecule has 0 spiro atoms. The Morgan fingerprint density at radius 1 is 1.00 bits per heavy atom. The van der Waals surface area contributed by atoms with Crippen molar-refractivity contribution in [3.05, 3.63) is 65.9 Å². The largest absolute Gasteiger partial charge is 0.487 e. The Hall–Kier alpha value is -2.22. The van der Waals surface area contributed by atoms with Gasteiger partial charge in [-0.1, -0.05) is 30.3 Å². The number of aromatic nitrogens is 1. The number of rotatable bonds is 4. The summed E-state index contributed by atoms with van der Waals surface area (Å²) in [6, 6.07) is 18.8. The predicted octanol–water partition coefficient (Wildman–Crippen LogP) is 4.55. The lowest BCUT2D eigenvalue weighted by molar-refractivity contribution is 0.296. The van der Waals surface area contributed by atoms with Crippen LogP contribution in [0.3, 0.4) is 0 Å². The summed E-state index contributed by atoms with van der Waals surface area (Å²) in [5, 5.41) is 1.28. The fourth-order valence-corrected chi connectivity index (χ4v) is 2.59. The van der Waals surface area contributed by atoms with Gasteiger partial charge in [-0.2, -0.15) is 0 Å². The molecule has 0 atom stereocenters. The lowest BCUT2D eigenvalue weighted by Gasteiger charge is -2.10. The minimum absolute atomic E-state index is 0.603. The third kappa shape index (κ3) is 2.42. The van der Waals surface area contributed by atoms with Gasteiger partial charge in [-0.25, -0.2) is 0 Å². The van der Waals surface area contributed by atoms with Gasteiger partial charge in [0.05, 0.1) is 5.69 Å². The van der Waals surface area contributed by atoms with Crippen LogP contribution in [0.2, 0.25) is 0 Å². The number of ether oxygens (including phenoxy) is 1. The minimum Gasteiger partial charge on any atom is -0.487 e. The summed E-state index contributed by atoms with van der Waals surface area (Å²) in [4.78, 5) is 0. The fraction of sp³-hybridized carbons (Fsp3) is 0.222. The summed E-state index contributed by atoms with van der Waals surface area (Å²) >= 11 is 0. The molecule has 0 bridgehead atoms. The molecule has 3 aromatic rings. The monoisotopic (exact) mass is 265 g/mol. The highest BCUT2D eigenvalue weighted by Crippen LogP contribution is 2.22. The molecule has 2 nitrogen and oxygen atoms in total. The van der Waals surface area contributed by atoms with Crippen LogP contribution in [0.4, 0.5) is 0 Å². The maximum atomic E-state index is 5.87. The van der Waals surface area contributed by atoms with Crippen LogP contribution >= 0.6 is 0 Å². The van der Waals surface area contributed by atoms with Gasteiger partial charge in [0.1, 0.15) is 12.4 Å². The fourth-order valence-electron chi connectivity index (χ4n) is 2.59. The molecule has 1 heterocycles. The number of fused-ring (bicyclic) bond motifs is 1. The third-order valence-electron chi connectivity index (χ3n) is 3.59. The Kier molecular flexibility index (Phi) is 3.46. The van der Waals surface area contributed by atoms with E-state index in [1.54, 1.807) is 0 Å². The number of aryl methyl sites for hydroxylation is 2. The standard InChI is InChI=1S/C18H19NO/c1-3-19-16(13-20-17-7-5-4-6-8-17)12-15-10-9-14(2)11-18(15)19/h4-12H,3,13H2,1-2H3. The van der Waals surface area contributed by atoms with Crippen molar-refractivity contribution in [2.75, 3.05) is 0 Å². The van der Waals surface area contributed by atoms with Gasteiger partial charge >= 0.3 is 0 Å². The molecule has 0 N–H and O–H groups in total. The molecule has 0 aliphatic carbocycles. The van der Waals surface area contributed by atoms with Gasteiger partial charge in [-0.3, -0.25) is 0 Å². The van der Waals surface area contributed by atoms with E-state index in [9.17, 15) is 0 Å². The Morgan fingerprint density at radius 2 is 1.80 bits per heavy atom. The third-order valence-corrected chi connectivity index (χ3v) is 3.59. The van der Waals surface area contributed by atoms with E-state index < -0.39 is 0 Å². The molecule has 0 radical (unpaired) electrons. The second-order valence-corrected chi connectivity index (χ2v) is 5.04. The first-order chi connectivity index (χ1) is 9.78. The van der Waals surface area contributed by atoms with Crippen LogP contribution in [-0.2, 0) is 13.2 Å². The van der Waals surface area contributed by atoms with E-state index in [2.05, 4.69) is 42.7 Å².